The first-order valence-corrected chi connectivity index (χ1v) is 9.26. The van der Waals surface area contributed by atoms with Crippen molar-refractivity contribution in [2.45, 2.75) is 46.0 Å². The average Bonchev–Trinajstić information content (AvgIpc) is 2.44. The standard InChI is InChI=1S/C16H26O3P/c1-3-18-20(17,19-4-2)15-11-6-5-8-12-16-13-9-7-10-14-16/h9-10,13-14H,3-6,8,11-12,15H2,1-2H3. The second-order valence-corrected chi connectivity index (χ2v) is 6.93. The Kier molecular flexibility index (Phi) is 8.84. The number of rotatable bonds is 11. The van der Waals surface area contributed by atoms with Gasteiger partial charge < -0.3 is 9.05 Å². The lowest BCUT2D eigenvalue weighted by Crippen LogP contribution is -2.00. The second-order valence-electron chi connectivity index (χ2n) is 4.74. The van der Waals surface area contributed by atoms with Crippen molar-refractivity contribution in [3.8, 4) is 0 Å². The van der Waals surface area contributed by atoms with Crippen molar-refractivity contribution in [2.24, 2.45) is 0 Å². The Labute approximate surface area is 123 Å². The third-order valence-electron chi connectivity index (χ3n) is 3.09. The van der Waals surface area contributed by atoms with Gasteiger partial charge in [0.05, 0.1) is 19.4 Å². The topological polar surface area (TPSA) is 35.5 Å². The minimum atomic E-state index is -2.83. The summed E-state index contributed by atoms with van der Waals surface area (Å²) in [5.41, 5.74) is 1.36. The molecular weight excluding hydrogens is 271 g/mol. The summed E-state index contributed by atoms with van der Waals surface area (Å²) in [6, 6.07) is 11.2. The fraction of sp³-hybridized carbons (Fsp3) is 0.625. The van der Waals surface area contributed by atoms with E-state index < -0.39 is 7.60 Å². The molecule has 0 aromatic heterocycles. The first kappa shape index (κ1) is 17.4. The maximum absolute atomic E-state index is 12.2. The van der Waals surface area contributed by atoms with Crippen LogP contribution >= 0.6 is 7.60 Å². The molecule has 0 aliphatic carbocycles. The average molecular weight is 297 g/mol. The fourth-order valence-electron chi connectivity index (χ4n) is 2.14. The normalized spacial score (nSPS) is 11.7. The molecule has 0 atom stereocenters. The highest BCUT2D eigenvalue weighted by atomic mass is 31.2. The van der Waals surface area contributed by atoms with Gasteiger partial charge in [-0.15, -0.1) is 0 Å². The Morgan fingerprint density at radius 2 is 1.60 bits per heavy atom. The molecule has 4 heteroatoms. The van der Waals surface area contributed by atoms with Crippen LogP contribution in [-0.4, -0.2) is 19.4 Å². The molecule has 0 heterocycles. The molecule has 0 spiro atoms. The SMILES string of the molecule is CCOP(=O)(CCCCCCc1cc[c]cc1)OCC. The number of hydrogen-bond acceptors (Lipinski definition) is 3. The van der Waals surface area contributed by atoms with Gasteiger partial charge in [0.15, 0.2) is 0 Å². The van der Waals surface area contributed by atoms with Crippen LogP contribution in [0.3, 0.4) is 0 Å². The van der Waals surface area contributed by atoms with Crippen molar-refractivity contribution >= 4 is 7.60 Å². The Morgan fingerprint density at radius 3 is 2.20 bits per heavy atom. The van der Waals surface area contributed by atoms with Crippen LogP contribution in [0.15, 0.2) is 24.3 Å². The van der Waals surface area contributed by atoms with E-state index in [1.165, 1.54) is 5.56 Å². The summed E-state index contributed by atoms with van der Waals surface area (Å²) >= 11 is 0. The number of aryl methyl sites for hydroxylation is 1. The molecule has 1 aromatic carbocycles. The van der Waals surface area contributed by atoms with Crippen molar-refractivity contribution in [1.29, 1.82) is 0 Å². The number of hydrogen-bond donors (Lipinski definition) is 0. The van der Waals surface area contributed by atoms with Crippen LogP contribution in [0, 0.1) is 6.07 Å². The van der Waals surface area contributed by atoms with Crippen LogP contribution in [0.5, 0.6) is 0 Å². The Bertz CT molecular complexity index is 382. The van der Waals surface area contributed by atoms with Crippen LogP contribution < -0.4 is 0 Å². The highest BCUT2D eigenvalue weighted by Crippen LogP contribution is 2.48. The number of benzene rings is 1. The lowest BCUT2D eigenvalue weighted by atomic mass is 10.1. The van der Waals surface area contributed by atoms with Crippen LogP contribution in [0.25, 0.3) is 0 Å². The summed E-state index contributed by atoms with van der Waals surface area (Å²) in [6.45, 7) is 4.59. The molecule has 20 heavy (non-hydrogen) atoms. The van der Waals surface area contributed by atoms with Crippen molar-refractivity contribution < 1.29 is 13.6 Å². The predicted octanol–water partition coefficient (Wildman–Crippen LogP) is 4.86. The zero-order valence-corrected chi connectivity index (χ0v) is 13.5. The lowest BCUT2D eigenvalue weighted by Gasteiger charge is -2.16. The molecule has 1 rings (SSSR count). The molecule has 1 aromatic rings. The largest absolute Gasteiger partial charge is 0.330 e. The zero-order valence-electron chi connectivity index (χ0n) is 12.6. The van der Waals surface area contributed by atoms with Crippen molar-refractivity contribution in [1.82, 2.24) is 0 Å². The van der Waals surface area contributed by atoms with Gasteiger partial charge in [-0.05, 0) is 44.7 Å². The molecule has 0 fully saturated rings. The van der Waals surface area contributed by atoms with Crippen LogP contribution in [-0.2, 0) is 20.0 Å². The Morgan fingerprint density at radius 1 is 1.00 bits per heavy atom. The van der Waals surface area contributed by atoms with E-state index in [4.69, 9.17) is 9.05 Å². The van der Waals surface area contributed by atoms with Gasteiger partial charge in [0.1, 0.15) is 0 Å². The van der Waals surface area contributed by atoms with Crippen LogP contribution in [0.4, 0.5) is 0 Å². The molecule has 0 bridgehead atoms. The summed E-state index contributed by atoms with van der Waals surface area (Å²) in [6.07, 6.45) is 5.93. The monoisotopic (exact) mass is 297 g/mol. The number of unbranched alkanes of at least 4 members (excludes halogenated alkanes) is 3. The van der Waals surface area contributed by atoms with E-state index in [-0.39, 0.29) is 0 Å². The van der Waals surface area contributed by atoms with Gasteiger partial charge in [0.25, 0.3) is 0 Å². The van der Waals surface area contributed by atoms with Gasteiger partial charge in [-0.3, -0.25) is 4.57 Å². The minimum absolute atomic E-state index is 0.447. The smallest absolute Gasteiger partial charge is 0.309 e. The first-order chi connectivity index (χ1) is 9.70. The summed E-state index contributed by atoms with van der Waals surface area (Å²) in [5.74, 6) is 0. The van der Waals surface area contributed by atoms with E-state index in [0.29, 0.717) is 19.4 Å². The zero-order chi connectivity index (χ0) is 14.7. The summed E-state index contributed by atoms with van der Waals surface area (Å²) in [7, 11) is -2.83. The minimum Gasteiger partial charge on any atom is -0.309 e. The van der Waals surface area contributed by atoms with Gasteiger partial charge in [-0.25, -0.2) is 0 Å². The molecule has 0 aliphatic rings. The third-order valence-corrected chi connectivity index (χ3v) is 5.25. The predicted molar refractivity (Wildman–Crippen MR) is 83.2 cm³/mol. The van der Waals surface area contributed by atoms with Gasteiger partial charge in [-0.2, -0.15) is 0 Å². The summed E-state index contributed by atoms with van der Waals surface area (Å²) < 4.78 is 22.8. The summed E-state index contributed by atoms with van der Waals surface area (Å²) in [4.78, 5) is 0. The Hall–Kier alpha value is -0.630. The molecule has 0 N–H and O–H groups in total. The molecule has 0 saturated carbocycles. The highest BCUT2D eigenvalue weighted by molar-refractivity contribution is 7.53. The molecular formula is C16H26O3P. The van der Waals surface area contributed by atoms with Crippen molar-refractivity contribution in [3.05, 3.63) is 35.9 Å². The molecule has 0 aliphatic heterocycles. The molecule has 0 amide bonds. The highest BCUT2D eigenvalue weighted by Gasteiger charge is 2.22. The summed E-state index contributed by atoms with van der Waals surface area (Å²) in [5, 5.41) is 0. The van der Waals surface area contributed by atoms with Crippen molar-refractivity contribution in [3.63, 3.8) is 0 Å². The quantitative estimate of drug-likeness (QED) is 0.432. The van der Waals surface area contributed by atoms with E-state index in [2.05, 4.69) is 18.2 Å². The van der Waals surface area contributed by atoms with Crippen LogP contribution in [0.1, 0.15) is 45.1 Å². The molecule has 0 unspecified atom stereocenters. The molecule has 113 valence electrons. The lowest BCUT2D eigenvalue weighted by molar-refractivity contribution is 0.219. The first-order valence-electron chi connectivity index (χ1n) is 7.53. The van der Waals surface area contributed by atoms with Gasteiger partial charge >= 0.3 is 7.60 Å². The van der Waals surface area contributed by atoms with E-state index in [0.717, 1.165) is 32.1 Å². The van der Waals surface area contributed by atoms with E-state index in [9.17, 15) is 4.57 Å². The van der Waals surface area contributed by atoms with Crippen LogP contribution in [0.2, 0.25) is 0 Å². The van der Waals surface area contributed by atoms with Gasteiger partial charge in [-0.1, -0.05) is 37.1 Å². The molecule has 0 saturated heterocycles. The Balaban J connectivity index is 2.13. The third kappa shape index (κ3) is 7.23. The second kappa shape index (κ2) is 10.1. The van der Waals surface area contributed by atoms with Gasteiger partial charge in [0.2, 0.25) is 0 Å². The van der Waals surface area contributed by atoms with E-state index in [1.807, 2.05) is 26.0 Å². The molecule has 1 radical (unpaired) electrons. The molecule has 3 nitrogen and oxygen atoms in total. The van der Waals surface area contributed by atoms with Gasteiger partial charge in [0, 0.05) is 0 Å². The van der Waals surface area contributed by atoms with E-state index >= 15 is 0 Å². The maximum Gasteiger partial charge on any atom is 0.330 e. The van der Waals surface area contributed by atoms with Crippen molar-refractivity contribution in [2.75, 3.05) is 19.4 Å². The fourth-order valence-corrected chi connectivity index (χ4v) is 3.87. The maximum atomic E-state index is 12.2. The van der Waals surface area contributed by atoms with E-state index in [1.54, 1.807) is 0 Å².